The van der Waals surface area contributed by atoms with E-state index < -0.39 is 0 Å². The van der Waals surface area contributed by atoms with Crippen molar-refractivity contribution in [2.45, 2.75) is 57.7 Å². The van der Waals surface area contributed by atoms with Crippen molar-refractivity contribution in [3.63, 3.8) is 0 Å². The van der Waals surface area contributed by atoms with Crippen LogP contribution in [0.5, 0.6) is 5.75 Å². The third-order valence-corrected chi connectivity index (χ3v) is 6.86. The molecular formula is C24H32ClN3O. The molecule has 2 aliphatic rings. The van der Waals surface area contributed by atoms with E-state index in [4.69, 9.17) is 11.6 Å². The highest BCUT2D eigenvalue weighted by molar-refractivity contribution is 6.32. The SMILES string of the molecule is Oc1ccc(CN(Cc2cccnc2)CC2CCN(C3CCCC3)CC2)cc1Cl. The Morgan fingerprint density at radius 2 is 1.79 bits per heavy atom. The fraction of sp³-hybridized carbons (Fsp3) is 0.542. The Kier molecular flexibility index (Phi) is 7.06. The van der Waals surface area contributed by atoms with Crippen LogP contribution in [0.25, 0.3) is 0 Å². The van der Waals surface area contributed by atoms with Gasteiger partial charge in [-0.2, -0.15) is 0 Å². The fourth-order valence-electron chi connectivity index (χ4n) is 4.98. The molecule has 0 amide bonds. The van der Waals surface area contributed by atoms with Gasteiger partial charge >= 0.3 is 0 Å². The molecule has 0 unspecified atom stereocenters. The van der Waals surface area contributed by atoms with E-state index in [0.29, 0.717) is 5.02 Å². The highest BCUT2D eigenvalue weighted by Crippen LogP contribution is 2.29. The zero-order valence-corrected chi connectivity index (χ0v) is 17.9. The highest BCUT2D eigenvalue weighted by atomic mass is 35.5. The summed E-state index contributed by atoms with van der Waals surface area (Å²) in [5.74, 6) is 0.880. The van der Waals surface area contributed by atoms with Crippen LogP contribution in [0.1, 0.15) is 49.7 Å². The number of aromatic nitrogens is 1. The summed E-state index contributed by atoms with van der Waals surface area (Å²) < 4.78 is 0. The molecule has 5 heteroatoms. The predicted molar refractivity (Wildman–Crippen MR) is 118 cm³/mol. The lowest BCUT2D eigenvalue weighted by Crippen LogP contribution is -2.42. The summed E-state index contributed by atoms with van der Waals surface area (Å²) >= 11 is 6.14. The molecule has 4 nitrogen and oxygen atoms in total. The number of aromatic hydroxyl groups is 1. The van der Waals surface area contributed by atoms with Crippen LogP contribution in [-0.4, -0.2) is 45.6 Å². The van der Waals surface area contributed by atoms with Crippen molar-refractivity contribution in [3.8, 4) is 5.75 Å². The van der Waals surface area contributed by atoms with Gasteiger partial charge in [0.2, 0.25) is 0 Å². The lowest BCUT2D eigenvalue weighted by atomic mass is 9.94. The standard InChI is InChI=1S/C24H32ClN3O/c25-23-14-20(7-8-24(23)29)17-27(18-21-4-3-11-26-15-21)16-19-9-12-28(13-10-19)22-5-1-2-6-22/h3-4,7-8,11,14-15,19,22,29H,1-2,5-6,9-10,12-13,16-18H2. The average Bonchev–Trinajstić information content (AvgIpc) is 3.27. The van der Waals surface area contributed by atoms with E-state index in [9.17, 15) is 5.11 Å². The largest absolute Gasteiger partial charge is 0.506 e. The first-order chi connectivity index (χ1) is 14.2. The second-order valence-corrected chi connectivity index (χ2v) is 9.14. The van der Waals surface area contributed by atoms with Gasteiger partial charge in [0, 0.05) is 38.1 Å². The maximum Gasteiger partial charge on any atom is 0.134 e. The van der Waals surface area contributed by atoms with Crippen LogP contribution in [0.4, 0.5) is 0 Å². The van der Waals surface area contributed by atoms with Crippen molar-refractivity contribution in [1.29, 1.82) is 0 Å². The molecule has 1 N–H and O–H groups in total. The number of pyridine rings is 1. The lowest BCUT2D eigenvalue weighted by Gasteiger charge is -2.38. The Morgan fingerprint density at radius 3 is 2.48 bits per heavy atom. The van der Waals surface area contributed by atoms with Gasteiger partial charge < -0.3 is 10.0 Å². The first-order valence-electron chi connectivity index (χ1n) is 11.0. The summed E-state index contributed by atoms with van der Waals surface area (Å²) in [7, 11) is 0. The van der Waals surface area contributed by atoms with Crippen LogP contribution >= 0.6 is 11.6 Å². The fourth-order valence-corrected chi connectivity index (χ4v) is 5.18. The van der Waals surface area contributed by atoms with E-state index >= 15 is 0 Å². The van der Waals surface area contributed by atoms with Gasteiger partial charge in [-0.15, -0.1) is 0 Å². The second kappa shape index (κ2) is 9.92. The number of benzene rings is 1. The molecule has 2 fully saturated rings. The number of likely N-dealkylation sites (tertiary alicyclic amines) is 1. The molecule has 0 atom stereocenters. The Hall–Kier alpha value is -1.62. The summed E-state index contributed by atoms with van der Waals surface area (Å²) in [5.41, 5.74) is 2.38. The topological polar surface area (TPSA) is 39.6 Å². The zero-order valence-electron chi connectivity index (χ0n) is 17.1. The van der Waals surface area contributed by atoms with Gasteiger partial charge in [0.05, 0.1) is 5.02 Å². The normalized spacial score (nSPS) is 19.2. The summed E-state index contributed by atoms with van der Waals surface area (Å²) in [6.45, 7) is 5.31. The average molecular weight is 414 g/mol. The molecule has 1 aliphatic heterocycles. The second-order valence-electron chi connectivity index (χ2n) is 8.73. The minimum atomic E-state index is 0.147. The van der Waals surface area contributed by atoms with Crippen molar-refractivity contribution < 1.29 is 5.11 Å². The maximum absolute atomic E-state index is 9.73. The molecule has 0 bridgehead atoms. The molecule has 0 radical (unpaired) electrons. The molecule has 1 aromatic carbocycles. The Bertz CT molecular complexity index is 771. The highest BCUT2D eigenvalue weighted by Gasteiger charge is 2.28. The third-order valence-electron chi connectivity index (χ3n) is 6.55. The number of phenols is 1. The molecule has 2 aromatic rings. The number of hydrogen-bond donors (Lipinski definition) is 1. The van der Waals surface area contributed by atoms with Crippen molar-refractivity contribution in [2.24, 2.45) is 5.92 Å². The molecule has 156 valence electrons. The van der Waals surface area contributed by atoms with Crippen LogP contribution in [0.15, 0.2) is 42.7 Å². The molecule has 1 saturated carbocycles. The summed E-state index contributed by atoms with van der Waals surface area (Å²) in [6.07, 6.45) is 12.0. The number of halogens is 1. The zero-order chi connectivity index (χ0) is 20.1. The van der Waals surface area contributed by atoms with Gasteiger partial charge in [0.15, 0.2) is 0 Å². The maximum atomic E-state index is 9.73. The van der Waals surface area contributed by atoms with Gasteiger partial charge in [-0.1, -0.05) is 36.6 Å². The predicted octanol–water partition coefficient (Wildman–Crippen LogP) is 5.10. The summed E-state index contributed by atoms with van der Waals surface area (Å²) in [4.78, 5) is 9.54. The van der Waals surface area contributed by atoms with E-state index in [1.165, 1.54) is 57.2 Å². The van der Waals surface area contributed by atoms with Crippen LogP contribution < -0.4 is 0 Å². The Morgan fingerprint density at radius 1 is 1.03 bits per heavy atom. The van der Waals surface area contributed by atoms with Crippen molar-refractivity contribution >= 4 is 11.6 Å². The van der Waals surface area contributed by atoms with Gasteiger partial charge in [-0.05, 0) is 74.0 Å². The summed E-state index contributed by atoms with van der Waals surface area (Å²) in [6, 6.07) is 10.6. The summed E-state index contributed by atoms with van der Waals surface area (Å²) in [5, 5.41) is 10.2. The quantitative estimate of drug-likeness (QED) is 0.685. The molecule has 1 saturated heterocycles. The smallest absolute Gasteiger partial charge is 0.134 e. The molecule has 1 aliphatic carbocycles. The van der Waals surface area contributed by atoms with Crippen LogP contribution in [-0.2, 0) is 13.1 Å². The van der Waals surface area contributed by atoms with Crippen LogP contribution in [0.2, 0.25) is 5.02 Å². The van der Waals surface area contributed by atoms with Gasteiger partial charge in [-0.3, -0.25) is 9.88 Å². The van der Waals surface area contributed by atoms with E-state index in [1.807, 2.05) is 30.6 Å². The van der Waals surface area contributed by atoms with Gasteiger partial charge in [0.1, 0.15) is 5.75 Å². The Balaban J connectivity index is 1.39. The third kappa shape index (κ3) is 5.71. The molecule has 2 heterocycles. The first-order valence-corrected chi connectivity index (χ1v) is 11.4. The van der Waals surface area contributed by atoms with Crippen molar-refractivity contribution in [2.75, 3.05) is 19.6 Å². The van der Waals surface area contributed by atoms with E-state index in [2.05, 4.69) is 20.9 Å². The molecule has 1 aromatic heterocycles. The molecule has 29 heavy (non-hydrogen) atoms. The Labute approximate surface area is 179 Å². The van der Waals surface area contributed by atoms with Gasteiger partial charge in [0.25, 0.3) is 0 Å². The minimum Gasteiger partial charge on any atom is -0.506 e. The van der Waals surface area contributed by atoms with Crippen LogP contribution in [0.3, 0.4) is 0 Å². The number of phenolic OH excluding ortho intramolecular Hbond substituents is 1. The van der Waals surface area contributed by atoms with Crippen molar-refractivity contribution in [3.05, 3.63) is 58.9 Å². The van der Waals surface area contributed by atoms with Crippen LogP contribution in [0, 0.1) is 5.92 Å². The number of piperidine rings is 1. The number of nitrogens with zero attached hydrogens (tertiary/aromatic N) is 3. The van der Waals surface area contributed by atoms with E-state index in [1.54, 1.807) is 6.07 Å². The van der Waals surface area contributed by atoms with E-state index in [0.717, 1.165) is 37.2 Å². The molecule has 4 rings (SSSR count). The lowest BCUT2D eigenvalue weighted by molar-refractivity contribution is 0.107. The van der Waals surface area contributed by atoms with E-state index in [-0.39, 0.29) is 5.75 Å². The first kappa shape index (κ1) is 20.6. The monoisotopic (exact) mass is 413 g/mol. The number of rotatable bonds is 7. The number of hydrogen-bond acceptors (Lipinski definition) is 4. The molecule has 0 spiro atoms. The molecular weight excluding hydrogens is 382 g/mol. The van der Waals surface area contributed by atoms with Gasteiger partial charge in [-0.25, -0.2) is 0 Å². The minimum absolute atomic E-state index is 0.147. The van der Waals surface area contributed by atoms with Crippen molar-refractivity contribution in [1.82, 2.24) is 14.8 Å².